The van der Waals surface area contributed by atoms with Crippen molar-refractivity contribution in [1.29, 1.82) is 0 Å². The van der Waals surface area contributed by atoms with E-state index in [1.54, 1.807) is 0 Å². The quantitative estimate of drug-likeness (QED) is 0.685. The van der Waals surface area contributed by atoms with Crippen LogP contribution in [0, 0.1) is 0 Å². The summed E-state index contributed by atoms with van der Waals surface area (Å²) in [5.41, 5.74) is 0. The molecule has 0 spiro atoms. The Bertz CT molecular complexity index is 247. The van der Waals surface area contributed by atoms with E-state index >= 15 is 0 Å². The van der Waals surface area contributed by atoms with Gasteiger partial charge in [-0.1, -0.05) is 13.8 Å². The van der Waals surface area contributed by atoms with Crippen LogP contribution in [-0.2, 0) is 19.1 Å². The highest BCUT2D eigenvalue weighted by Gasteiger charge is 2.30. The molecule has 1 rings (SSSR count). The van der Waals surface area contributed by atoms with Crippen LogP contribution in [0.2, 0.25) is 0 Å². The Hall–Kier alpha value is -1.06. The van der Waals surface area contributed by atoms with Gasteiger partial charge >= 0.3 is 11.9 Å². The molecule has 1 aliphatic rings. The fraction of sp³-hybridized carbons (Fsp3) is 0.857. The van der Waals surface area contributed by atoms with Gasteiger partial charge in [-0.05, 0) is 38.5 Å². The molecule has 0 heterocycles. The Morgan fingerprint density at radius 1 is 0.889 bits per heavy atom. The maximum atomic E-state index is 11.5. The number of carbonyl (C=O) groups is 2. The van der Waals surface area contributed by atoms with E-state index in [2.05, 4.69) is 0 Å². The molecule has 0 unspecified atom stereocenters. The van der Waals surface area contributed by atoms with Crippen molar-refractivity contribution in [3.63, 3.8) is 0 Å². The van der Waals surface area contributed by atoms with Crippen LogP contribution in [0.3, 0.4) is 0 Å². The molecule has 0 aromatic heterocycles. The van der Waals surface area contributed by atoms with Crippen LogP contribution >= 0.6 is 0 Å². The predicted octanol–water partition coefficient (Wildman–Crippen LogP) is 2.98. The lowest BCUT2D eigenvalue weighted by atomic mass is 9.94. The Morgan fingerprint density at radius 3 is 1.61 bits per heavy atom. The first-order valence-corrected chi connectivity index (χ1v) is 7.06. The van der Waals surface area contributed by atoms with Gasteiger partial charge in [0, 0.05) is 12.8 Å². The average molecular weight is 256 g/mol. The van der Waals surface area contributed by atoms with Gasteiger partial charge in [0.15, 0.2) is 0 Å². The van der Waals surface area contributed by atoms with Crippen molar-refractivity contribution in [3.8, 4) is 0 Å². The van der Waals surface area contributed by atoms with Gasteiger partial charge in [-0.2, -0.15) is 0 Å². The van der Waals surface area contributed by atoms with Crippen LogP contribution in [-0.4, -0.2) is 24.1 Å². The van der Waals surface area contributed by atoms with E-state index in [1.165, 1.54) is 0 Å². The molecule has 0 radical (unpaired) electrons. The number of carbonyl (C=O) groups excluding carboxylic acids is 2. The third kappa shape index (κ3) is 5.07. The van der Waals surface area contributed by atoms with E-state index in [0.717, 1.165) is 38.5 Å². The maximum absolute atomic E-state index is 11.5. The van der Waals surface area contributed by atoms with Crippen molar-refractivity contribution in [1.82, 2.24) is 0 Å². The molecule has 0 saturated heterocycles. The van der Waals surface area contributed by atoms with Crippen LogP contribution in [0.1, 0.15) is 65.2 Å². The molecule has 1 aliphatic carbocycles. The molecular formula is C14H24O4. The number of rotatable bonds is 6. The average Bonchev–Trinajstić information content (AvgIpc) is 2.32. The molecule has 0 aromatic rings. The molecule has 0 aliphatic heterocycles. The van der Waals surface area contributed by atoms with Crippen LogP contribution in [0.25, 0.3) is 0 Å². The summed E-state index contributed by atoms with van der Waals surface area (Å²) in [4.78, 5) is 23.0. The molecule has 0 aromatic carbocycles. The highest BCUT2D eigenvalue weighted by molar-refractivity contribution is 5.70. The highest BCUT2D eigenvalue weighted by Crippen LogP contribution is 2.25. The van der Waals surface area contributed by atoms with Crippen molar-refractivity contribution >= 4 is 11.9 Å². The standard InChI is InChI=1S/C14H24O4/c1-3-7-13(15)17-11-9-5-6-10-12(11)18-14(16)8-4-2/h11-12H,3-10H2,1-2H3/t11-,12-/m1/s1. The topological polar surface area (TPSA) is 52.6 Å². The van der Waals surface area contributed by atoms with Crippen LogP contribution < -0.4 is 0 Å². The van der Waals surface area contributed by atoms with Crippen LogP contribution in [0.15, 0.2) is 0 Å². The fourth-order valence-electron chi connectivity index (χ4n) is 2.20. The Kier molecular flexibility index (Phi) is 6.76. The van der Waals surface area contributed by atoms with E-state index in [-0.39, 0.29) is 24.1 Å². The minimum atomic E-state index is -0.237. The zero-order valence-electron chi connectivity index (χ0n) is 11.4. The maximum Gasteiger partial charge on any atom is 0.306 e. The summed E-state index contributed by atoms with van der Waals surface area (Å²) in [6.45, 7) is 3.89. The van der Waals surface area contributed by atoms with Gasteiger partial charge in [-0.15, -0.1) is 0 Å². The first-order chi connectivity index (χ1) is 8.67. The van der Waals surface area contributed by atoms with Gasteiger partial charge in [0.2, 0.25) is 0 Å². The summed E-state index contributed by atoms with van der Waals surface area (Å²) in [5.74, 6) is -0.359. The van der Waals surface area contributed by atoms with Gasteiger partial charge in [0.05, 0.1) is 0 Å². The summed E-state index contributed by atoms with van der Waals surface area (Å²) >= 11 is 0. The van der Waals surface area contributed by atoms with Gasteiger partial charge in [0.25, 0.3) is 0 Å². The molecule has 1 fully saturated rings. The van der Waals surface area contributed by atoms with E-state index < -0.39 is 0 Å². The molecular weight excluding hydrogens is 232 g/mol. The minimum absolute atomic E-state index is 0.180. The van der Waals surface area contributed by atoms with Crippen molar-refractivity contribution in [3.05, 3.63) is 0 Å². The third-order valence-electron chi connectivity index (χ3n) is 3.12. The third-order valence-corrected chi connectivity index (χ3v) is 3.12. The number of ether oxygens (including phenoxy) is 2. The lowest BCUT2D eigenvalue weighted by molar-refractivity contribution is -0.171. The summed E-state index contributed by atoms with van der Waals surface area (Å²) in [5, 5.41) is 0. The lowest BCUT2D eigenvalue weighted by Gasteiger charge is -2.30. The summed E-state index contributed by atoms with van der Waals surface area (Å²) in [6.07, 6.45) is 5.64. The molecule has 2 atom stereocenters. The van der Waals surface area contributed by atoms with Crippen molar-refractivity contribution in [2.75, 3.05) is 0 Å². The molecule has 1 saturated carbocycles. The highest BCUT2D eigenvalue weighted by atomic mass is 16.6. The summed E-state index contributed by atoms with van der Waals surface area (Å²) in [6, 6.07) is 0. The zero-order chi connectivity index (χ0) is 13.4. The molecule has 104 valence electrons. The van der Waals surface area contributed by atoms with Gasteiger partial charge in [-0.25, -0.2) is 0 Å². The second kappa shape index (κ2) is 8.11. The Morgan fingerprint density at radius 2 is 1.28 bits per heavy atom. The lowest BCUT2D eigenvalue weighted by Crippen LogP contribution is -2.37. The molecule has 0 amide bonds. The molecule has 0 bridgehead atoms. The zero-order valence-corrected chi connectivity index (χ0v) is 11.4. The molecule has 4 nitrogen and oxygen atoms in total. The fourth-order valence-corrected chi connectivity index (χ4v) is 2.20. The van der Waals surface area contributed by atoms with E-state index in [0.29, 0.717) is 12.8 Å². The Balaban J connectivity index is 2.46. The molecule has 4 heteroatoms. The van der Waals surface area contributed by atoms with Gasteiger partial charge in [-0.3, -0.25) is 9.59 Å². The normalized spacial score (nSPS) is 23.4. The van der Waals surface area contributed by atoms with Crippen molar-refractivity contribution < 1.29 is 19.1 Å². The SMILES string of the molecule is CCCC(=O)O[C@@H]1CCCC[C@H]1OC(=O)CCC. The molecule has 0 N–H and O–H groups in total. The minimum Gasteiger partial charge on any atom is -0.458 e. The van der Waals surface area contributed by atoms with E-state index in [9.17, 15) is 9.59 Å². The first kappa shape index (κ1) is 15.0. The number of esters is 2. The van der Waals surface area contributed by atoms with Crippen LogP contribution in [0.4, 0.5) is 0 Å². The van der Waals surface area contributed by atoms with Crippen molar-refractivity contribution in [2.24, 2.45) is 0 Å². The van der Waals surface area contributed by atoms with E-state index in [1.807, 2.05) is 13.8 Å². The van der Waals surface area contributed by atoms with Crippen LogP contribution in [0.5, 0.6) is 0 Å². The summed E-state index contributed by atoms with van der Waals surface area (Å²) in [7, 11) is 0. The van der Waals surface area contributed by atoms with Crippen molar-refractivity contribution in [2.45, 2.75) is 77.4 Å². The summed E-state index contributed by atoms with van der Waals surface area (Å²) < 4.78 is 10.8. The first-order valence-electron chi connectivity index (χ1n) is 7.06. The second-order valence-corrected chi connectivity index (χ2v) is 4.84. The van der Waals surface area contributed by atoms with Gasteiger partial charge < -0.3 is 9.47 Å². The second-order valence-electron chi connectivity index (χ2n) is 4.84. The smallest absolute Gasteiger partial charge is 0.306 e. The number of hydrogen-bond donors (Lipinski definition) is 0. The van der Waals surface area contributed by atoms with E-state index in [4.69, 9.17) is 9.47 Å². The number of hydrogen-bond acceptors (Lipinski definition) is 4. The van der Waals surface area contributed by atoms with Gasteiger partial charge in [0.1, 0.15) is 12.2 Å². The predicted molar refractivity (Wildman–Crippen MR) is 68.0 cm³/mol. The molecule has 18 heavy (non-hydrogen) atoms. The monoisotopic (exact) mass is 256 g/mol. The largest absolute Gasteiger partial charge is 0.458 e. The Labute approximate surface area is 109 Å².